The molecule has 2 aromatic carbocycles. The van der Waals surface area contributed by atoms with E-state index in [9.17, 15) is 14.0 Å². The molecule has 1 amide bonds. The molecule has 0 heterocycles. The molecule has 2 aromatic rings. The Kier molecular flexibility index (Phi) is 4.99. The quantitative estimate of drug-likeness (QED) is 0.862. The molecule has 0 unspecified atom stereocenters. The van der Waals surface area contributed by atoms with Crippen LogP contribution in [0.2, 0.25) is 0 Å². The molecule has 0 radical (unpaired) electrons. The molecule has 110 valence electrons. The van der Waals surface area contributed by atoms with Crippen molar-refractivity contribution >= 4 is 17.4 Å². The van der Waals surface area contributed by atoms with E-state index >= 15 is 0 Å². The zero-order valence-corrected chi connectivity index (χ0v) is 11.7. The average molecular weight is 296 g/mol. The Morgan fingerprint density at radius 2 is 1.68 bits per heavy atom. The zero-order chi connectivity index (χ0) is 15.9. The normalized spacial score (nSPS) is 9.82. The van der Waals surface area contributed by atoms with Crippen LogP contribution in [-0.4, -0.2) is 11.7 Å². The number of ketones is 1. The van der Waals surface area contributed by atoms with E-state index < -0.39 is 5.91 Å². The highest BCUT2D eigenvalue weighted by atomic mass is 19.1. The number of Topliss-reactive ketones (excluding diaryl/α,β-unsaturated/α-hetero) is 1. The SMILES string of the molecule is N#Cc1ccc(NC(=O)CC(=O)Cc2ccc(F)cc2)cc1. The summed E-state index contributed by atoms with van der Waals surface area (Å²) in [7, 11) is 0. The van der Waals surface area contributed by atoms with Crippen LogP contribution in [0.5, 0.6) is 0 Å². The second-order valence-corrected chi connectivity index (χ2v) is 4.76. The predicted octanol–water partition coefficient (Wildman–Crippen LogP) is 2.84. The molecule has 0 fully saturated rings. The van der Waals surface area contributed by atoms with Crippen molar-refractivity contribution in [1.82, 2.24) is 0 Å². The first-order chi connectivity index (χ1) is 10.6. The number of amides is 1. The van der Waals surface area contributed by atoms with Gasteiger partial charge < -0.3 is 5.32 Å². The second kappa shape index (κ2) is 7.14. The van der Waals surface area contributed by atoms with E-state index in [-0.39, 0.29) is 24.4 Å². The Bertz CT molecular complexity index is 716. The van der Waals surface area contributed by atoms with Crippen molar-refractivity contribution in [2.75, 3.05) is 5.32 Å². The number of carbonyl (C=O) groups is 2. The van der Waals surface area contributed by atoms with Crippen LogP contribution in [-0.2, 0) is 16.0 Å². The molecule has 0 aliphatic heterocycles. The minimum absolute atomic E-state index is 0.0844. The van der Waals surface area contributed by atoms with Crippen LogP contribution in [0.3, 0.4) is 0 Å². The first-order valence-electron chi connectivity index (χ1n) is 6.63. The molecule has 0 aliphatic carbocycles. The molecule has 0 spiro atoms. The molecule has 0 aliphatic rings. The minimum atomic E-state index is -0.420. The van der Waals surface area contributed by atoms with Gasteiger partial charge in [-0.05, 0) is 42.0 Å². The molecule has 0 atom stereocenters. The number of hydrogen-bond acceptors (Lipinski definition) is 3. The molecule has 4 nitrogen and oxygen atoms in total. The summed E-state index contributed by atoms with van der Waals surface area (Å²) in [5, 5.41) is 11.3. The van der Waals surface area contributed by atoms with E-state index in [2.05, 4.69) is 5.32 Å². The number of anilines is 1. The topological polar surface area (TPSA) is 70.0 Å². The molecule has 0 saturated heterocycles. The van der Waals surface area contributed by atoms with Crippen molar-refractivity contribution in [3.63, 3.8) is 0 Å². The van der Waals surface area contributed by atoms with Gasteiger partial charge in [0.1, 0.15) is 11.6 Å². The zero-order valence-electron chi connectivity index (χ0n) is 11.7. The highest BCUT2D eigenvalue weighted by Crippen LogP contribution is 2.10. The van der Waals surface area contributed by atoms with Crippen LogP contribution in [0.15, 0.2) is 48.5 Å². The number of carbonyl (C=O) groups excluding carboxylic acids is 2. The van der Waals surface area contributed by atoms with E-state index in [1.807, 2.05) is 6.07 Å². The van der Waals surface area contributed by atoms with Gasteiger partial charge in [-0.15, -0.1) is 0 Å². The number of benzene rings is 2. The van der Waals surface area contributed by atoms with Gasteiger partial charge in [-0.1, -0.05) is 12.1 Å². The first-order valence-corrected chi connectivity index (χ1v) is 6.63. The van der Waals surface area contributed by atoms with E-state index in [4.69, 9.17) is 5.26 Å². The molecule has 2 rings (SSSR count). The van der Waals surface area contributed by atoms with Crippen molar-refractivity contribution < 1.29 is 14.0 Å². The van der Waals surface area contributed by atoms with Crippen LogP contribution in [0.4, 0.5) is 10.1 Å². The van der Waals surface area contributed by atoms with Crippen LogP contribution >= 0.6 is 0 Å². The highest BCUT2D eigenvalue weighted by Gasteiger charge is 2.10. The van der Waals surface area contributed by atoms with Crippen molar-refractivity contribution in [3.8, 4) is 6.07 Å². The van der Waals surface area contributed by atoms with Crippen LogP contribution in [0.1, 0.15) is 17.5 Å². The van der Waals surface area contributed by atoms with Gasteiger partial charge in [-0.3, -0.25) is 9.59 Å². The standard InChI is InChI=1S/C17H13FN2O2/c18-14-5-1-12(2-6-14)9-16(21)10-17(22)20-15-7-3-13(11-19)4-8-15/h1-8H,9-10H2,(H,20,22). The third-order valence-corrected chi connectivity index (χ3v) is 2.97. The van der Waals surface area contributed by atoms with Gasteiger partial charge in [0.2, 0.25) is 5.91 Å². The second-order valence-electron chi connectivity index (χ2n) is 4.76. The van der Waals surface area contributed by atoms with Gasteiger partial charge in [0.15, 0.2) is 0 Å². The van der Waals surface area contributed by atoms with Crippen LogP contribution in [0.25, 0.3) is 0 Å². The summed E-state index contributed by atoms with van der Waals surface area (Å²) < 4.78 is 12.8. The first kappa shape index (κ1) is 15.4. The van der Waals surface area contributed by atoms with Gasteiger partial charge in [0.25, 0.3) is 0 Å². The Balaban J connectivity index is 1.86. The summed E-state index contributed by atoms with van der Waals surface area (Å²) in [4.78, 5) is 23.6. The number of nitriles is 1. The van der Waals surface area contributed by atoms with Gasteiger partial charge in [0.05, 0.1) is 18.1 Å². The fourth-order valence-electron chi connectivity index (χ4n) is 1.90. The van der Waals surface area contributed by atoms with Crippen LogP contribution in [0, 0.1) is 17.1 Å². The molecular weight excluding hydrogens is 283 g/mol. The summed E-state index contributed by atoms with van der Waals surface area (Å²) in [6.45, 7) is 0. The van der Waals surface area contributed by atoms with E-state index in [1.54, 1.807) is 24.3 Å². The molecule has 0 bridgehead atoms. The molecule has 0 aromatic heterocycles. The van der Waals surface area contributed by atoms with E-state index in [0.717, 1.165) is 0 Å². The lowest BCUT2D eigenvalue weighted by Gasteiger charge is -2.05. The van der Waals surface area contributed by atoms with Crippen molar-refractivity contribution in [2.24, 2.45) is 0 Å². The van der Waals surface area contributed by atoms with Crippen LogP contribution < -0.4 is 5.32 Å². The maximum Gasteiger partial charge on any atom is 0.231 e. The number of nitrogens with one attached hydrogen (secondary N) is 1. The Morgan fingerprint density at radius 1 is 1.05 bits per heavy atom. The fraction of sp³-hybridized carbons (Fsp3) is 0.118. The third kappa shape index (κ3) is 4.53. The third-order valence-electron chi connectivity index (χ3n) is 2.97. The lowest BCUT2D eigenvalue weighted by Crippen LogP contribution is -2.17. The average Bonchev–Trinajstić information content (AvgIpc) is 2.50. The van der Waals surface area contributed by atoms with E-state index in [1.165, 1.54) is 24.3 Å². The number of hydrogen-bond donors (Lipinski definition) is 1. The minimum Gasteiger partial charge on any atom is -0.326 e. The Hall–Kier alpha value is -3.00. The van der Waals surface area contributed by atoms with Crippen molar-refractivity contribution in [1.29, 1.82) is 5.26 Å². The van der Waals surface area contributed by atoms with Crippen molar-refractivity contribution in [2.45, 2.75) is 12.8 Å². The molecule has 1 N–H and O–H groups in total. The number of nitrogens with zero attached hydrogens (tertiary/aromatic N) is 1. The largest absolute Gasteiger partial charge is 0.326 e. The lowest BCUT2D eigenvalue weighted by atomic mass is 10.1. The lowest BCUT2D eigenvalue weighted by molar-refractivity contribution is -0.125. The van der Waals surface area contributed by atoms with Gasteiger partial charge in [-0.2, -0.15) is 5.26 Å². The summed E-state index contributed by atoms with van der Waals surface area (Å²) in [6.07, 6.45) is -0.168. The Morgan fingerprint density at radius 3 is 2.27 bits per heavy atom. The summed E-state index contributed by atoms with van der Waals surface area (Å²) in [5.41, 5.74) is 1.68. The predicted molar refractivity (Wildman–Crippen MR) is 79.5 cm³/mol. The number of halogens is 1. The van der Waals surface area contributed by atoms with Gasteiger partial charge in [0, 0.05) is 12.1 Å². The Labute approximate surface area is 127 Å². The molecule has 22 heavy (non-hydrogen) atoms. The maximum atomic E-state index is 12.8. The monoisotopic (exact) mass is 296 g/mol. The molecule has 0 saturated carbocycles. The summed E-state index contributed by atoms with van der Waals surface area (Å²) in [5.74, 6) is -1.04. The van der Waals surface area contributed by atoms with Gasteiger partial charge >= 0.3 is 0 Å². The summed E-state index contributed by atoms with van der Waals surface area (Å²) in [6, 6.07) is 13.9. The molecular formula is C17H13FN2O2. The summed E-state index contributed by atoms with van der Waals surface area (Å²) >= 11 is 0. The number of rotatable bonds is 5. The van der Waals surface area contributed by atoms with Gasteiger partial charge in [-0.25, -0.2) is 4.39 Å². The van der Waals surface area contributed by atoms with E-state index in [0.29, 0.717) is 16.8 Å². The molecule has 5 heteroatoms. The fourth-order valence-corrected chi connectivity index (χ4v) is 1.90. The maximum absolute atomic E-state index is 12.8. The van der Waals surface area contributed by atoms with Crippen molar-refractivity contribution in [3.05, 3.63) is 65.5 Å². The highest BCUT2D eigenvalue weighted by molar-refractivity contribution is 6.04. The smallest absolute Gasteiger partial charge is 0.231 e.